The van der Waals surface area contributed by atoms with Crippen molar-refractivity contribution in [3.63, 3.8) is 0 Å². The Balaban J connectivity index is 1.93. The second-order valence-corrected chi connectivity index (χ2v) is 4.55. The minimum atomic E-state index is -0.939. The Morgan fingerprint density at radius 2 is 2.16 bits per heavy atom. The van der Waals surface area contributed by atoms with Gasteiger partial charge in [0.25, 0.3) is 0 Å². The highest BCUT2D eigenvalue weighted by atomic mass is 19.1. The first kappa shape index (κ1) is 13.5. The number of halogens is 1. The highest BCUT2D eigenvalue weighted by Crippen LogP contribution is 2.10. The molecule has 1 N–H and O–H groups in total. The quantitative estimate of drug-likeness (QED) is 0.864. The van der Waals surface area contributed by atoms with Gasteiger partial charge in [-0.2, -0.15) is 0 Å². The monoisotopic (exact) mass is 266 g/mol. The summed E-state index contributed by atoms with van der Waals surface area (Å²) in [6.45, 7) is 1.31. The molecule has 2 rings (SSSR count). The lowest BCUT2D eigenvalue weighted by Gasteiger charge is -2.33. The van der Waals surface area contributed by atoms with Crippen molar-refractivity contribution in [1.29, 1.82) is 0 Å². The average molecular weight is 266 g/mol. The number of benzene rings is 1. The molecule has 1 aromatic rings. The molecule has 1 heterocycles. The van der Waals surface area contributed by atoms with Crippen LogP contribution in [0.2, 0.25) is 0 Å². The smallest absolute Gasteiger partial charge is 0.317 e. The zero-order valence-electron chi connectivity index (χ0n) is 10.4. The first-order valence-electron chi connectivity index (χ1n) is 6.01. The summed E-state index contributed by atoms with van der Waals surface area (Å²) in [7, 11) is 0. The van der Waals surface area contributed by atoms with Gasteiger partial charge >= 0.3 is 5.97 Å². The molecule has 19 heavy (non-hydrogen) atoms. The number of aliphatic carboxylic acids is 1. The molecule has 1 fully saturated rings. The van der Waals surface area contributed by atoms with Crippen LogP contribution in [0.5, 0.6) is 0 Å². The Bertz CT molecular complexity index is 493. The fourth-order valence-corrected chi connectivity index (χ4v) is 2.11. The van der Waals surface area contributed by atoms with E-state index in [1.165, 1.54) is 12.1 Å². The van der Waals surface area contributed by atoms with Crippen molar-refractivity contribution in [1.82, 2.24) is 9.80 Å². The Hall–Kier alpha value is -1.95. The summed E-state index contributed by atoms with van der Waals surface area (Å²) in [4.78, 5) is 25.7. The standard InChI is InChI=1S/C13H15FN2O3/c14-11-3-1-2-10(6-11)7-16-5-4-15(8-12(16)17)9-13(18)19/h1-3,6H,4-5,7-9H2,(H,18,19). The molecule has 0 atom stereocenters. The normalized spacial score (nSPS) is 16.7. The molecule has 0 aliphatic carbocycles. The van der Waals surface area contributed by atoms with E-state index in [0.29, 0.717) is 19.6 Å². The molecule has 0 unspecified atom stereocenters. The van der Waals surface area contributed by atoms with Gasteiger partial charge in [0.15, 0.2) is 0 Å². The van der Waals surface area contributed by atoms with Crippen molar-refractivity contribution in [2.75, 3.05) is 26.2 Å². The minimum Gasteiger partial charge on any atom is -0.480 e. The Kier molecular flexibility index (Phi) is 4.11. The predicted octanol–water partition coefficient (Wildman–Crippen LogP) is 0.554. The van der Waals surface area contributed by atoms with Gasteiger partial charge in [-0.05, 0) is 17.7 Å². The van der Waals surface area contributed by atoms with Crippen LogP contribution in [0.4, 0.5) is 4.39 Å². The number of carboxylic acid groups (broad SMARTS) is 1. The SMILES string of the molecule is O=C(O)CN1CCN(Cc2cccc(F)c2)C(=O)C1. The average Bonchev–Trinajstić information content (AvgIpc) is 2.32. The third-order valence-electron chi connectivity index (χ3n) is 3.02. The number of carbonyl (C=O) groups is 2. The van der Waals surface area contributed by atoms with E-state index in [-0.39, 0.29) is 24.8 Å². The molecule has 0 aromatic heterocycles. The summed E-state index contributed by atoms with van der Waals surface area (Å²) in [6.07, 6.45) is 0. The summed E-state index contributed by atoms with van der Waals surface area (Å²) in [5.41, 5.74) is 0.736. The van der Waals surface area contributed by atoms with Crippen LogP contribution < -0.4 is 0 Å². The molecular weight excluding hydrogens is 251 g/mol. The lowest BCUT2D eigenvalue weighted by atomic mass is 10.2. The minimum absolute atomic E-state index is 0.0988. The molecule has 1 amide bonds. The number of carboxylic acids is 1. The molecule has 1 aliphatic heterocycles. The molecule has 102 valence electrons. The van der Waals surface area contributed by atoms with Gasteiger partial charge in [0.05, 0.1) is 13.1 Å². The summed E-state index contributed by atoms with van der Waals surface area (Å²) in [5, 5.41) is 8.68. The number of rotatable bonds is 4. The van der Waals surface area contributed by atoms with E-state index in [2.05, 4.69) is 0 Å². The number of nitrogens with zero attached hydrogens (tertiary/aromatic N) is 2. The molecule has 1 aromatic carbocycles. The lowest BCUT2D eigenvalue weighted by molar-refractivity contribution is -0.142. The first-order chi connectivity index (χ1) is 9.04. The van der Waals surface area contributed by atoms with Crippen LogP contribution in [0, 0.1) is 5.82 Å². The van der Waals surface area contributed by atoms with Crippen molar-refractivity contribution in [2.24, 2.45) is 0 Å². The molecule has 0 saturated carbocycles. The van der Waals surface area contributed by atoms with E-state index in [1.807, 2.05) is 0 Å². The van der Waals surface area contributed by atoms with Gasteiger partial charge < -0.3 is 10.0 Å². The maximum absolute atomic E-state index is 13.0. The maximum atomic E-state index is 13.0. The molecule has 0 spiro atoms. The van der Waals surface area contributed by atoms with Crippen LogP contribution in [-0.2, 0) is 16.1 Å². The van der Waals surface area contributed by atoms with Gasteiger partial charge in [0.1, 0.15) is 5.82 Å². The van der Waals surface area contributed by atoms with Crippen molar-refractivity contribution in [3.05, 3.63) is 35.6 Å². The van der Waals surface area contributed by atoms with Crippen LogP contribution >= 0.6 is 0 Å². The molecular formula is C13H15FN2O3. The fourth-order valence-electron chi connectivity index (χ4n) is 2.11. The van der Waals surface area contributed by atoms with E-state index >= 15 is 0 Å². The van der Waals surface area contributed by atoms with Gasteiger partial charge in [0, 0.05) is 19.6 Å². The largest absolute Gasteiger partial charge is 0.480 e. The van der Waals surface area contributed by atoms with Crippen molar-refractivity contribution >= 4 is 11.9 Å². The molecule has 1 aliphatic rings. The second kappa shape index (κ2) is 5.79. The number of piperazine rings is 1. The van der Waals surface area contributed by atoms with Crippen LogP contribution in [-0.4, -0.2) is 53.0 Å². The summed E-state index contributed by atoms with van der Waals surface area (Å²) in [6, 6.07) is 6.13. The van der Waals surface area contributed by atoms with Gasteiger partial charge in [-0.15, -0.1) is 0 Å². The van der Waals surface area contributed by atoms with Crippen molar-refractivity contribution in [2.45, 2.75) is 6.54 Å². The van der Waals surface area contributed by atoms with Gasteiger partial charge in [-0.3, -0.25) is 14.5 Å². The Morgan fingerprint density at radius 1 is 1.37 bits per heavy atom. The van der Waals surface area contributed by atoms with E-state index in [4.69, 9.17) is 5.11 Å². The van der Waals surface area contributed by atoms with Gasteiger partial charge in [-0.1, -0.05) is 12.1 Å². The lowest BCUT2D eigenvalue weighted by Crippen LogP contribution is -2.51. The number of amides is 1. The molecule has 0 bridgehead atoms. The number of hydrogen-bond donors (Lipinski definition) is 1. The topological polar surface area (TPSA) is 60.9 Å². The molecule has 0 radical (unpaired) electrons. The Labute approximate surface area is 110 Å². The van der Waals surface area contributed by atoms with Crippen LogP contribution in [0.25, 0.3) is 0 Å². The van der Waals surface area contributed by atoms with Crippen LogP contribution in [0.3, 0.4) is 0 Å². The first-order valence-corrected chi connectivity index (χ1v) is 6.01. The fraction of sp³-hybridized carbons (Fsp3) is 0.385. The Morgan fingerprint density at radius 3 is 2.79 bits per heavy atom. The highest BCUT2D eigenvalue weighted by Gasteiger charge is 2.24. The van der Waals surface area contributed by atoms with Crippen LogP contribution in [0.1, 0.15) is 5.56 Å². The summed E-state index contributed by atoms with van der Waals surface area (Å²) >= 11 is 0. The molecule has 1 saturated heterocycles. The molecule has 6 heteroatoms. The summed E-state index contributed by atoms with van der Waals surface area (Å²) < 4.78 is 13.0. The maximum Gasteiger partial charge on any atom is 0.317 e. The van der Waals surface area contributed by atoms with E-state index in [9.17, 15) is 14.0 Å². The van der Waals surface area contributed by atoms with Gasteiger partial charge in [0.2, 0.25) is 5.91 Å². The third-order valence-corrected chi connectivity index (χ3v) is 3.02. The van der Waals surface area contributed by atoms with E-state index in [0.717, 1.165) is 5.56 Å². The predicted molar refractivity (Wildman–Crippen MR) is 65.9 cm³/mol. The highest BCUT2D eigenvalue weighted by molar-refractivity contribution is 5.80. The third kappa shape index (κ3) is 3.75. The van der Waals surface area contributed by atoms with Gasteiger partial charge in [-0.25, -0.2) is 4.39 Å². The van der Waals surface area contributed by atoms with Crippen molar-refractivity contribution in [3.8, 4) is 0 Å². The molecule has 5 nitrogen and oxygen atoms in total. The van der Waals surface area contributed by atoms with E-state index < -0.39 is 5.97 Å². The summed E-state index contributed by atoms with van der Waals surface area (Å²) in [5.74, 6) is -1.39. The number of hydrogen-bond acceptors (Lipinski definition) is 3. The zero-order chi connectivity index (χ0) is 13.8. The van der Waals surface area contributed by atoms with Crippen LogP contribution in [0.15, 0.2) is 24.3 Å². The van der Waals surface area contributed by atoms with Crippen molar-refractivity contribution < 1.29 is 19.1 Å². The zero-order valence-corrected chi connectivity index (χ0v) is 10.4. The number of carbonyl (C=O) groups excluding carboxylic acids is 1. The second-order valence-electron chi connectivity index (χ2n) is 4.55. The van der Waals surface area contributed by atoms with E-state index in [1.54, 1.807) is 21.9 Å².